The smallest absolute Gasteiger partial charge is 0.191 e. The Morgan fingerprint density at radius 2 is 1.95 bits per heavy atom. The second kappa shape index (κ2) is 11.1. The number of hydrogen-bond donors (Lipinski definition) is 6. The van der Waals surface area contributed by atoms with Crippen molar-refractivity contribution in [1.29, 1.82) is 0 Å². The summed E-state index contributed by atoms with van der Waals surface area (Å²) in [7, 11) is 1.74. The predicted octanol–water partition coefficient (Wildman–Crippen LogP) is 4.05. The van der Waals surface area contributed by atoms with Crippen LogP contribution >= 0.6 is 0 Å². The molecule has 6 N–H and O–H groups in total. The van der Waals surface area contributed by atoms with Crippen LogP contribution in [-0.4, -0.2) is 63.7 Å². The Morgan fingerprint density at radius 1 is 1.10 bits per heavy atom. The third kappa shape index (κ3) is 5.31. The van der Waals surface area contributed by atoms with E-state index in [0.717, 1.165) is 50.5 Å². The highest BCUT2D eigenvalue weighted by Crippen LogP contribution is 2.62. The average molecular weight is 559 g/mol. The molecule has 0 saturated heterocycles. The van der Waals surface area contributed by atoms with E-state index in [-0.39, 0.29) is 35.8 Å². The fourth-order valence-corrected chi connectivity index (χ4v) is 8.62. The van der Waals surface area contributed by atoms with Crippen molar-refractivity contribution in [2.24, 2.45) is 28.2 Å². The molecular weight excluding hydrogens is 512 g/mol. The number of aliphatic hydroxyl groups excluding tert-OH is 1. The summed E-state index contributed by atoms with van der Waals surface area (Å²) in [6.07, 6.45) is 10.4. The van der Waals surface area contributed by atoms with Crippen LogP contribution in [0.25, 0.3) is 10.9 Å². The molecular formula is C34H46N4O3. The van der Waals surface area contributed by atoms with Gasteiger partial charge >= 0.3 is 0 Å². The topological polar surface area (TPSA) is 113 Å². The van der Waals surface area contributed by atoms with Crippen molar-refractivity contribution < 1.29 is 15.3 Å². The summed E-state index contributed by atoms with van der Waals surface area (Å²) in [6.45, 7) is 2.74. The number of para-hydroxylation sites is 1. The number of H-pyrrole nitrogens is 1. The number of aliphatic imine (C=N–C) groups is 1. The van der Waals surface area contributed by atoms with Crippen molar-refractivity contribution >= 4 is 16.9 Å². The molecule has 0 amide bonds. The fraction of sp³-hybridized carbons (Fsp3) is 0.618. The van der Waals surface area contributed by atoms with E-state index in [2.05, 4.69) is 68.9 Å². The van der Waals surface area contributed by atoms with E-state index in [1.807, 2.05) is 6.92 Å². The number of aromatic nitrogens is 1. The Kier molecular flexibility index (Phi) is 7.69. The number of nitrogens with zero attached hydrogens (tertiary/aromatic N) is 1. The minimum atomic E-state index is -0.916. The molecule has 7 nitrogen and oxygen atoms in total. The zero-order chi connectivity index (χ0) is 28.7. The van der Waals surface area contributed by atoms with Gasteiger partial charge in [-0.3, -0.25) is 4.99 Å². The Balaban J connectivity index is 1.39. The van der Waals surface area contributed by atoms with Gasteiger partial charge in [0.1, 0.15) is 0 Å². The Bertz CT molecular complexity index is 1350. The van der Waals surface area contributed by atoms with Crippen LogP contribution in [0.2, 0.25) is 0 Å². The molecule has 2 aromatic rings. The summed E-state index contributed by atoms with van der Waals surface area (Å²) in [5, 5.41) is 41.5. The third-order valence-electron chi connectivity index (χ3n) is 10.8. The first-order valence-corrected chi connectivity index (χ1v) is 15.6. The number of allylic oxidation sites excluding steroid dienone is 2. The van der Waals surface area contributed by atoms with Crippen LogP contribution in [0.1, 0.15) is 70.4 Å². The van der Waals surface area contributed by atoms with Crippen molar-refractivity contribution in [2.45, 2.75) is 88.4 Å². The largest absolute Gasteiger partial charge is 0.396 e. The molecule has 7 atom stereocenters. The molecule has 2 saturated carbocycles. The van der Waals surface area contributed by atoms with Gasteiger partial charge in [0.15, 0.2) is 5.96 Å². The standard InChI is InChI=1S/C34H46N4O3/c1-32(40)15-16-33-22-29-28(32)13-14-34(29,41)21-26(38-31(35-2)36-17-6-18-39)12-11-24(33)8-5-9-25(33)20-27-19-23-7-3-4-10-30(23)37-27/h3-4,7,9-10,19,24,26,28-29,37,39-41H,5-6,8,13-18,20-22H2,1-2H3,(H2,35,36,38). The number of fused-ring (bicyclic) bond motifs is 1. The van der Waals surface area contributed by atoms with Crippen LogP contribution < -0.4 is 10.6 Å². The van der Waals surface area contributed by atoms with E-state index in [1.54, 1.807) is 7.05 Å². The first-order valence-electron chi connectivity index (χ1n) is 15.6. The summed E-state index contributed by atoms with van der Waals surface area (Å²) >= 11 is 0. The fourth-order valence-electron chi connectivity index (χ4n) is 8.62. The quantitative estimate of drug-likeness (QED) is 0.105. The first kappa shape index (κ1) is 28.3. The van der Waals surface area contributed by atoms with Crippen LogP contribution in [0, 0.1) is 35.0 Å². The highest BCUT2D eigenvalue weighted by molar-refractivity contribution is 5.81. The molecule has 0 radical (unpaired) electrons. The summed E-state index contributed by atoms with van der Waals surface area (Å²) < 4.78 is 0. The molecule has 0 aliphatic heterocycles. The molecule has 7 heteroatoms. The van der Waals surface area contributed by atoms with Gasteiger partial charge in [-0.2, -0.15) is 0 Å². The van der Waals surface area contributed by atoms with E-state index in [9.17, 15) is 15.3 Å². The summed E-state index contributed by atoms with van der Waals surface area (Å²) in [4.78, 5) is 8.04. The van der Waals surface area contributed by atoms with Crippen molar-refractivity contribution in [3.8, 4) is 11.8 Å². The molecule has 220 valence electrons. The normalized spacial score (nSPS) is 36.6. The van der Waals surface area contributed by atoms with Gasteiger partial charge in [0, 0.05) is 55.6 Å². The van der Waals surface area contributed by atoms with E-state index < -0.39 is 11.2 Å². The zero-order valence-corrected chi connectivity index (χ0v) is 24.5. The maximum atomic E-state index is 12.4. The molecule has 41 heavy (non-hydrogen) atoms. The zero-order valence-electron chi connectivity index (χ0n) is 24.5. The van der Waals surface area contributed by atoms with Gasteiger partial charge < -0.3 is 30.9 Å². The third-order valence-corrected chi connectivity index (χ3v) is 10.8. The maximum Gasteiger partial charge on any atom is 0.191 e. The SMILES string of the molecule is CN=C(NCCCO)NC1C#CC2CCC=C(Cc3cc4ccccc4[nH]3)C23CCC(C)(O)C2CCC(O)(C1)C2C3. The second-order valence-corrected chi connectivity index (χ2v) is 13.3. The molecule has 2 fully saturated rings. The van der Waals surface area contributed by atoms with Gasteiger partial charge in [-0.15, -0.1) is 0 Å². The Labute approximate surface area is 243 Å². The summed E-state index contributed by atoms with van der Waals surface area (Å²) in [5.41, 5.74) is 1.89. The maximum absolute atomic E-state index is 12.4. The molecule has 2 bridgehead atoms. The summed E-state index contributed by atoms with van der Waals surface area (Å²) in [6, 6.07) is 10.5. The van der Waals surface area contributed by atoms with E-state index >= 15 is 0 Å². The van der Waals surface area contributed by atoms with Crippen molar-refractivity contribution in [3.05, 3.63) is 47.7 Å². The van der Waals surface area contributed by atoms with Crippen LogP contribution in [-0.2, 0) is 6.42 Å². The lowest BCUT2D eigenvalue weighted by Gasteiger charge is -2.46. The van der Waals surface area contributed by atoms with Crippen LogP contribution in [0.3, 0.4) is 0 Å². The van der Waals surface area contributed by atoms with Gasteiger partial charge in [-0.25, -0.2) is 0 Å². The van der Waals surface area contributed by atoms with Crippen LogP contribution in [0.15, 0.2) is 47.0 Å². The van der Waals surface area contributed by atoms with Crippen LogP contribution in [0.4, 0.5) is 0 Å². The lowest BCUT2D eigenvalue weighted by atomic mass is 9.58. The Morgan fingerprint density at radius 3 is 2.76 bits per heavy atom. The first-order chi connectivity index (χ1) is 19.8. The van der Waals surface area contributed by atoms with Gasteiger partial charge in [-0.05, 0) is 87.6 Å². The number of aromatic amines is 1. The monoisotopic (exact) mass is 558 g/mol. The van der Waals surface area contributed by atoms with Crippen molar-refractivity contribution in [1.82, 2.24) is 15.6 Å². The number of nitrogens with one attached hydrogen (secondary N) is 3. The van der Waals surface area contributed by atoms with Gasteiger partial charge in [0.2, 0.25) is 0 Å². The van der Waals surface area contributed by atoms with Crippen LogP contribution in [0.5, 0.6) is 0 Å². The minimum absolute atomic E-state index is 0.0120. The minimum Gasteiger partial charge on any atom is -0.396 e. The number of guanidine groups is 1. The lowest BCUT2D eigenvalue weighted by Crippen LogP contribution is -2.49. The molecule has 4 aliphatic rings. The number of benzene rings is 1. The average Bonchev–Trinajstić information content (AvgIpc) is 3.49. The molecule has 7 unspecified atom stereocenters. The van der Waals surface area contributed by atoms with Gasteiger partial charge in [0.05, 0.1) is 17.2 Å². The van der Waals surface area contributed by atoms with E-state index in [4.69, 9.17) is 0 Å². The summed E-state index contributed by atoms with van der Waals surface area (Å²) in [5.74, 6) is 8.19. The number of hydrogen-bond acceptors (Lipinski definition) is 4. The van der Waals surface area contributed by atoms with Crippen molar-refractivity contribution in [2.75, 3.05) is 20.2 Å². The Hall–Kier alpha value is -2.79. The van der Waals surface area contributed by atoms with E-state index in [1.165, 1.54) is 16.7 Å². The molecule has 1 spiro atoms. The van der Waals surface area contributed by atoms with E-state index in [0.29, 0.717) is 31.8 Å². The molecule has 1 aromatic heterocycles. The molecule has 1 aromatic carbocycles. The molecule has 4 aliphatic carbocycles. The lowest BCUT2D eigenvalue weighted by molar-refractivity contribution is -0.0688. The van der Waals surface area contributed by atoms with Crippen molar-refractivity contribution in [3.63, 3.8) is 0 Å². The number of aliphatic hydroxyl groups is 3. The van der Waals surface area contributed by atoms with Gasteiger partial charge in [-0.1, -0.05) is 41.7 Å². The second-order valence-electron chi connectivity index (χ2n) is 13.3. The highest BCUT2D eigenvalue weighted by Gasteiger charge is 2.60. The molecule has 1 heterocycles. The number of rotatable bonds is 6. The van der Waals surface area contributed by atoms with Gasteiger partial charge in [0.25, 0.3) is 0 Å². The molecule has 6 rings (SSSR count). The predicted molar refractivity (Wildman–Crippen MR) is 163 cm³/mol. The highest BCUT2D eigenvalue weighted by atomic mass is 16.3.